The van der Waals surface area contributed by atoms with Crippen LogP contribution in [0.25, 0.3) is 0 Å². The fraction of sp³-hybridized carbons (Fsp3) is 0.571. The van der Waals surface area contributed by atoms with Gasteiger partial charge in [0, 0.05) is 36.5 Å². The number of likely N-dealkylation sites (N-methyl/N-ethyl adjacent to an activating group) is 1. The molecule has 7 heteroatoms. The Labute approximate surface area is 130 Å². The van der Waals surface area contributed by atoms with E-state index in [-0.39, 0.29) is 11.9 Å². The molecule has 1 saturated heterocycles. The van der Waals surface area contributed by atoms with Crippen LogP contribution in [0.1, 0.15) is 12.8 Å². The van der Waals surface area contributed by atoms with E-state index >= 15 is 0 Å². The number of para-hydroxylation sites is 1. The molecule has 1 aromatic rings. The number of rotatable bonds is 7. The molecule has 0 aromatic heterocycles. The van der Waals surface area contributed by atoms with Crippen molar-refractivity contribution in [2.24, 2.45) is 0 Å². The molecule has 0 saturated carbocycles. The highest BCUT2D eigenvalue weighted by atomic mass is 32.2. The van der Waals surface area contributed by atoms with Crippen molar-refractivity contribution in [1.29, 1.82) is 0 Å². The fourth-order valence-electron chi connectivity index (χ4n) is 2.21. The second kappa shape index (κ2) is 7.49. The van der Waals surface area contributed by atoms with E-state index in [1.165, 1.54) is 16.1 Å². The third-order valence-corrected chi connectivity index (χ3v) is 6.65. The lowest BCUT2D eigenvalue weighted by molar-refractivity contribution is 0.0979. The molecule has 1 heterocycles. The number of hydrogen-bond acceptors (Lipinski definition) is 5. The average molecular weight is 330 g/mol. The summed E-state index contributed by atoms with van der Waals surface area (Å²) < 4.78 is 31.3. The van der Waals surface area contributed by atoms with Gasteiger partial charge in [0.05, 0.1) is 11.9 Å². The monoisotopic (exact) mass is 330 g/mol. The Bertz CT molecular complexity index is 557. The third kappa shape index (κ3) is 4.88. The van der Waals surface area contributed by atoms with Crippen LogP contribution >= 0.6 is 11.8 Å². The zero-order valence-corrected chi connectivity index (χ0v) is 13.8. The highest BCUT2D eigenvalue weighted by Gasteiger charge is 2.24. The number of sulfonamides is 1. The first-order valence-electron chi connectivity index (χ1n) is 7.02. The Hall–Kier alpha value is -0.760. The maximum atomic E-state index is 12.2. The number of anilines is 1. The molecule has 1 aliphatic heterocycles. The molecular weight excluding hydrogens is 308 g/mol. The van der Waals surface area contributed by atoms with E-state index in [4.69, 9.17) is 10.5 Å². The molecule has 2 N–H and O–H groups in total. The molecule has 1 atom stereocenters. The summed E-state index contributed by atoms with van der Waals surface area (Å²) in [7, 11) is -1.62. The summed E-state index contributed by atoms with van der Waals surface area (Å²) in [6, 6.07) is 7.49. The van der Waals surface area contributed by atoms with E-state index in [9.17, 15) is 8.42 Å². The predicted molar refractivity (Wildman–Crippen MR) is 87.0 cm³/mol. The molecular formula is C14H22N2O3S2. The second-order valence-corrected chi connectivity index (χ2v) is 8.45. The Kier molecular flexibility index (Phi) is 5.92. The van der Waals surface area contributed by atoms with Crippen LogP contribution in [0.15, 0.2) is 29.2 Å². The number of nitrogens with two attached hydrogens (primary N) is 1. The molecule has 1 aliphatic rings. The van der Waals surface area contributed by atoms with Crippen molar-refractivity contribution in [2.45, 2.75) is 23.8 Å². The molecule has 0 aliphatic carbocycles. The third-order valence-electron chi connectivity index (χ3n) is 3.48. The van der Waals surface area contributed by atoms with E-state index in [0.29, 0.717) is 18.0 Å². The van der Waals surface area contributed by atoms with Crippen LogP contribution in [0.2, 0.25) is 0 Å². The Balaban J connectivity index is 1.81. The van der Waals surface area contributed by atoms with Gasteiger partial charge in [0.15, 0.2) is 0 Å². The van der Waals surface area contributed by atoms with Crippen LogP contribution in [0.3, 0.4) is 0 Å². The minimum Gasteiger partial charge on any atom is -0.398 e. The molecule has 0 radical (unpaired) electrons. The van der Waals surface area contributed by atoms with Gasteiger partial charge in [0.25, 0.3) is 0 Å². The van der Waals surface area contributed by atoms with Crippen molar-refractivity contribution in [2.75, 3.05) is 37.4 Å². The van der Waals surface area contributed by atoms with E-state index in [1.807, 2.05) is 24.3 Å². The largest absolute Gasteiger partial charge is 0.398 e. The number of nitrogens with zero attached hydrogens (tertiary/aromatic N) is 1. The summed E-state index contributed by atoms with van der Waals surface area (Å²) >= 11 is 1.47. The zero-order chi connectivity index (χ0) is 15.3. The van der Waals surface area contributed by atoms with Crippen molar-refractivity contribution in [3.05, 3.63) is 24.3 Å². The maximum Gasteiger partial charge on any atom is 0.214 e. The van der Waals surface area contributed by atoms with E-state index < -0.39 is 10.0 Å². The molecule has 0 spiro atoms. The van der Waals surface area contributed by atoms with Crippen LogP contribution in [-0.4, -0.2) is 50.5 Å². The normalized spacial score (nSPS) is 19.2. The predicted octanol–water partition coefficient (Wildman–Crippen LogP) is 1.80. The van der Waals surface area contributed by atoms with Crippen molar-refractivity contribution in [3.63, 3.8) is 0 Å². The van der Waals surface area contributed by atoms with E-state index in [0.717, 1.165) is 24.3 Å². The van der Waals surface area contributed by atoms with E-state index in [2.05, 4.69) is 0 Å². The quantitative estimate of drug-likeness (QED) is 0.610. The van der Waals surface area contributed by atoms with Gasteiger partial charge in [-0.05, 0) is 25.0 Å². The maximum absolute atomic E-state index is 12.2. The van der Waals surface area contributed by atoms with Crippen LogP contribution in [0.4, 0.5) is 5.69 Å². The molecule has 0 bridgehead atoms. The standard InChI is InChI=1S/C14H22N2O3S2/c1-16(11-12-5-4-8-19-12)21(17,18)10-9-20-14-7-3-2-6-13(14)15/h2-3,6-7,12H,4-5,8-11,15H2,1H3. The Morgan fingerprint density at radius 1 is 1.43 bits per heavy atom. The molecule has 21 heavy (non-hydrogen) atoms. The van der Waals surface area contributed by atoms with Gasteiger partial charge in [0.1, 0.15) is 0 Å². The van der Waals surface area contributed by atoms with Gasteiger partial charge in [-0.1, -0.05) is 12.1 Å². The van der Waals surface area contributed by atoms with E-state index in [1.54, 1.807) is 7.05 Å². The summed E-state index contributed by atoms with van der Waals surface area (Å²) in [6.07, 6.45) is 2.00. The smallest absolute Gasteiger partial charge is 0.214 e. The summed E-state index contributed by atoms with van der Waals surface area (Å²) in [6.45, 7) is 1.18. The number of thioether (sulfide) groups is 1. The molecule has 1 fully saturated rings. The summed E-state index contributed by atoms with van der Waals surface area (Å²) in [5.41, 5.74) is 6.53. The van der Waals surface area contributed by atoms with Crippen molar-refractivity contribution in [3.8, 4) is 0 Å². The number of hydrogen-bond donors (Lipinski definition) is 1. The first kappa shape index (κ1) is 16.6. The second-order valence-electron chi connectivity index (χ2n) is 5.12. The van der Waals surface area contributed by atoms with Gasteiger partial charge in [0.2, 0.25) is 10.0 Å². The van der Waals surface area contributed by atoms with Crippen LogP contribution in [-0.2, 0) is 14.8 Å². The molecule has 0 amide bonds. The van der Waals surface area contributed by atoms with Gasteiger partial charge in [-0.3, -0.25) is 0 Å². The highest BCUT2D eigenvalue weighted by Crippen LogP contribution is 2.24. The number of ether oxygens (including phenoxy) is 1. The average Bonchev–Trinajstić information content (AvgIpc) is 2.93. The Morgan fingerprint density at radius 2 is 2.19 bits per heavy atom. The molecule has 2 rings (SSSR count). The minimum absolute atomic E-state index is 0.0437. The van der Waals surface area contributed by atoms with Crippen molar-refractivity contribution in [1.82, 2.24) is 4.31 Å². The minimum atomic E-state index is -3.24. The molecule has 1 aromatic carbocycles. The van der Waals surface area contributed by atoms with Crippen molar-refractivity contribution < 1.29 is 13.2 Å². The lowest BCUT2D eigenvalue weighted by Gasteiger charge is -2.20. The SMILES string of the molecule is CN(CC1CCCO1)S(=O)(=O)CCSc1ccccc1N. The molecule has 5 nitrogen and oxygen atoms in total. The van der Waals surface area contributed by atoms with Gasteiger partial charge < -0.3 is 10.5 Å². The lowest BCUT2D eigenvalue weighted by Crippen LogP contribution is -2.36. The van der Waals surface area contributed by atoms with Crippen molar-refractivity contribution >= 4 is 27.5 Å². The molecule has 118 valence electrons. The van der Waals surface area contributed by atoms with Gasteiger partial charge >= 0.3 is 0 Å². The first-order valence-corrected chi connectivity index (χ1v) is 9.61. The van der Waals surface area contributed by atoms with Crippen LogP contribution in [0.5, 0.6) is 0 Å². The van der Waals surface area contributed by atoms with Crippen LogP contribution in [0, 0.1) is 0 Å². The molecule has 1 unspecified atom stereocenters. The topological polar surface area (TPSA) is 72.6 Å². The number of nitrogen functional groups attached to an aromatic ring is 1. The lowest BCUT2D eigenvalue weighted by atomic mass is 10.2. The summed E-state index contributed by atoms with van der Waals surface area (Å²) in [5, 5.41) is 0. The van der Waals surface area contributed by atoms with Gasteiger partial charge in [-0.25, -0.2) is 12.7 Å². The number of benzene rings is 1. The van der Waals surface area contributed by atoms with Crippen LogP contribution < -0.4 is 5.73 Å². The fourth-order valence-corrected chi connectivity index (χ4v) is 4.72. The first-order chi connectivity index (χ1) is 9.99. The highest BCUT2D eigenvalue weighted by molar-refractivity contribution is 8.00. The van der Waals surface area contributed by atoms with Gasteiger partial charge in [-0.2, -0.15) is 0 Å². The summed E-state index contributed by atoms with van der Waals surface area (Å²) in [4.78, 5) is 0.925. The summed E-state index contributed by atoms with van der Waals surface area (Å²) in [5.74, 6) is 0.599. The zero-order valence-electron chi connectivity index (χ0n) is 12.2. The Morgan fingerprint density at radius 3 is 2.86 bits per heavy atom. The van der Waals surface area contributed by atoms with Gasteiger partial charge in [-0.15, -0.1) is 11.8 Å².